The summed E-state index contributed by atoms with van der Waals surface area (Å²) in [4.78, 5) is 12.5. The largest absolute Gasteiger partial charge is 0.493 e. The van der Waals surface area contributed by atoms with Gasteiger partial charge in [0.15, 0.2) is 17.6 Å². The molecule has 3 rings (SSSR count). The summed E-state index contributed by atoms with van der Waals surface area (Å²) in [6.45, 7) is 6.11. The zero-order valence-corrected chi connectivity index (χ0v) is 17.8. The third-order valence-electron chi connectivity index (χ3n) is 5.06. The van der Waals surface area contributed by atoms with Gasteiger partial charge < -0.3 is 19.5 Å². The van der Waals surface area contributed by atoms with Crippen LogP contribution in [0.1, 0.15) is 50.3 Å². The van der Waals surface area contributed by atoms with Crippen LogP contribution in [-0.2, 0) is 24.2 Å². The summed E-state index contributed by atoms with van der Waals surface area (Å²) in [5, 5.41) is 2.93. The molecule has 1 aliphatic rings. The van der Waals surface area contributed by atoms with Crippen LogP contribution in [0, 0.1) is 0 Å². The van der Waals surface area contributed by atoms with Gasteiger partial charge in [0.05, 0.1) is 13.2 Å². The van der Waals surface area contributed by atoms with Crippen LogP contribution >= 0.6 is 0 Å². The number of aryl methyl sites for hydroxylation is 2. The van der Waals surface area contributed by atoms with E-state index in [9.17, 15) is 4.79 Å². The van der Waals surface area contributed by atoms with E-state index in [1.165, 1.54) is 24.0 Å². The van der Waals surface area contributed by atoms with Crippen LogP contribution in [0.4, 0.5) is 0 Å². The summed E-state index contributed by atoms with van der Waals surface area (Å²) in [5.41, 5.74) is 3.68. The molecular weight excluding hydrogens is 366 g/mol. The van der Waals surface area contributed by atoms with Crippen LogP contribution in [0.3, 0.4) is 0 Å². The molecule has 1 aliphatic carbocycles. The number of rotatable bonds is 8. The predicted octanol–water partition coefficient (Wildman–Crippen LogP) is 4.44. The number of methoxy groups -OCH3 is 1. The molecule has 1 atom stereocenters. The molecule has 1 amide bonds. The van der Waals surface area contributed by atoms with Gasteiger partial charge in [-0.25, -0.2) is 0 Å². The molecular formula is C24H31NO4. The molecule has 0 spiro atoms. The van der Waals surface area contributed by atoms with E-state index in [-0.39, 0.29) is 12.0 Å². The maximum Gasteiger partial charge on any atom is 0.261 e. The number of hydrogen-bond donors (Lipinski definition) is 1. The molecule has 0 aromatic heterocycles. The van der Waals surface area contributed by atoms with E-state index in [0.29, 0.717) is 18.0 Å². The van der Waals surface area contributed by atoms with Crippen molar-refractivity contribution in [1.29, 1.82) is 0 Å². The first kappa shape index (κ1) is 21.0. The topological polar surface area (TPSA) is 56.8 Å². The van der Waals surface area contributed by atoms with Crippen molar-refractivity contribution in [1.82, 2.24) is 5.32 Å². The molecule has 0 bridgehead atoms. The van der Waals surface area contributed by atoms with Gasteiger partial charge in [0.1, 0.15) is 5.75 Å². The predicted molar refractivity (Wildman–Crippen MR) is 114 cm³/mol. The Balaban J connectivity index is 1.56. The van der Waals surface area contributed by atoms with Crippen molar-refractivity contribution in [3.05, 3.63) is 53.1 Å². The lowest BCUT2D eigenvalue weighted by molar-refractivity contribution is -0.127. The van der Waals surface area contributed by atoms with E-state index in [2.05, 4.69) is 17.4 Å². The second-order valence-corrected chi connectivity index (χ2v) is 7.77. The Bertz CT molecular complexity index is 847. The first-order valence-corrected chi connectivity index (χ1v) is 10.4. The highest BCUT2D eigenvalue weighted by Gasteiger charge is 2.17. The van der Waals surface area contributed by atoms with Crippen molar-refractivity contribution in [2.75, 3.05) is 7.11 Å². The standard InChI is InChI=1S/C24H31NO4/c1-16(2)28-22-12-9-18(13-23(22)27-4)15-25-24(26)17(3)29-21-11-10-19-7-5-6-8-20(19)14-21/h9-14,16-17H,5-8,15H2,1-4H3,(H,25,26)/t17-/m1/s1. The Morgan fingerprint density at radius 1 is 0.966 bits per heavy atom. The van der Waals surface area contributed by atoms with Crippen molar-refractivity contribution >= 4 is 5.91 Å². The van der Waals surface area contributed by atoms with Crippen molar-refractivity contribution in [3.63, 3.8) is 0 Å². The molecule has 0 fully saturated rings. The Kier molecular flexibility index (Phi) is 7.02. The highest BCUT2D eigenvalue weighted by molar-refractivity contribution is 5.80. The summed E-state index contributed by atoms with van der Waals surface area (Å²) >= 11 is 0. The second kappa shape index (κ2) is 9.68. The molecule has 0 heterocycles. The highest BCUT2D eigenvalue weighted by atomic mass is 16.5. The quantitative estimate of drug-likeness (QED) is 0.715. The zero-order chi connectivity index (χ0) is 20.8. The summed E-state index contributed by atoms with van der Waals surface area (Å²) in [7, 11) is 1.61. The fourth-order valence-electron chi connectivity index (χ4n) is 3.55. The van der Waals surface area contributed by atoms with Crippen LogP contribution < -0.4 is 19.5 Å². The first-order chi connectivity index (χ1) is 14.0. The van der Waals surface area contributed by atoms with Crippen LogP contribution in [-0.4, -0.2) is 25.2 Å². The third kappa shape index (κ3) is 5.66. The fourth-order valence-corrected chi connectivity index (χ4v) is 3.55. The molecule has 0 saturated carbocycles. The SMILES string of the molecule is COc1cc(CNC(=O)[C@@H](C)Oc2ccc3c(c2)CCCC3)ccc1OC(C)C. The van der Waals surface area contributed by atoms with Crippen molar-refractivity contribution < 1.29 is 19.0 Å². The van der Waals surface area contributed by atoms with E-state index in [0.717, 1.165) is 24.2 Å². The van der Waals surface area contributed by atoms with Gasteiger partial charge in [0.2, 0.25) is 0 Å². The Morgan fingerprint density at radius 3 is 2.45 bits per heavy atom. The van der Waals surface area contributed by atoms with Crippen molar-refractivity contribution in [2.45, 2.75) is 65.2 Å². The molecule has 5 nitrogen and oxygen atoms in total. The Morgan fingerprint density at radius 2 is 1.72 bits per heavy atom. The van der Waals surface area contributed by atoms with Crippen LogP contribution in [0.15, 0.2) is 36.4 Å². The van der Waals surface area contributed by atoms with Gasteiger partial charge in [-0.1, -0.05) is 12.1 Å². The Labute approximate surface area is 173 Å². The monoisotopic (exact) mass is 397 g/mol. The number of fused-ring (bicyclic) bond motifs is 1. The van der Waals surface area contributed by atoms with E-state index < -0.39 is 6.10 Å². The van der Waals surface area contributed by atoms with Crippen LogP contribution in [0.5, 0.6) is 17.2 Å². The normalized spacial score (nSPS) is 14.1. The number of ether oxygens (including phenoxy) is 3. The number of amides is 1. The van der Waals surface area contributed by atoms with Crippen molar-refractivity contribution in [2.24, 2.45) is 0 Å². The number of hydrogen-bond acceptors (Lipinski definition) is 4. The van der Waals surface area contributed by atoms with Crippen LogP contribution in [0.2, 0.25) is 0 Å². The molecule has 0 aliphatic heterocycles. The third-order valence-corrected chi connectivity index (χ3v) is 5.06. The van der Waals surface area contributed by atoms with E-state index in [4.69, 9.17) is 14.2 Å². The van der Waals surface area contributed by atoms with Crippen molar-refractivity contribution in [3.8, 4) is 17.2 Å². The summed E-state index contributed by atoms with van der Waals surface area (Å²) < 4.78 is 17.0. The number of carbonyl (C=O) groups excluding carboxylic acids is 1. The number of carbonyl (C=O) groups is 1. The van der Waals surface area contributed by atoms with Gasteiger partial charge in [-0.2, -0.15) is 0 Å². The maximum absolute atomic E-state index is 12.5. The van der Waals surface area contributed by atoms with E-state index in [1.807, 2.05) is 38.1 Å². The van der Waals surface area contributed by atoms with Crippen LogP contribution in [0.25, 0.3) is 0 Å². The van der Waals surface area contributed by atoms with E-state index >= 15 is 0 Å². The average molecular weight is 398 g/mol. The smallest absolute Gasteiger partial charge is 0.261 e. The van der Waals surface area contributed by atoms with Gasteiger partial charge >= 0.3 is 0 Å². The lowest BCUT2D eigenvalue weighted by Gasteiger charge is -2.19. The first-order valence-electron chi connectivity index (χ1n) is 10.4. The fraction of sp³-hybridized carbons (Fsp3) is 0.458. The van der Waals surface area contributed by atoms with Gasteiger partial charge in [0.25, 0.3) is 5.91 Å². The lowest BCUT2D eigenvalue weighted by atomic mass is 9.92. The minimum absolute atomic E-state index is 0.0658. The highest BCUT2D eigenvalue weighted by Crippen LogP contribution is 2.29. The summed E-state index contributed by atoms with van der Waals surface area (Å²) in [6, 6.07) is 11.8. The molecule has 2 aromatic rings. The second-order valence-electron chi connectivity index (χ2n) is 7.77. The molecule has 0 radical (unpaired) electrons. The molecule has 29 heavy (non-hydrogen) atoms. The van der Waals surface area contributed by atoms with Gasteiger partial charge in [-0.15, -0.1) is 0 Å². The number of benzene rings is 2. The van der Waals surface area contributed by atoms with E-state index in [1.54, 1.807) is 14.0 Å². The molecule has 2 aromatic carbocycles. The van der Waals surface area contributed by atoms with Gasteiger partial charge in [-0.05, 0) is 87.4 Å². The zero-order valence-electron chi connectivity index (χ0n) is 17.8. The summed E-state index contributed by atoms with van der Waals surface area (Å²) in [5.74, 6) is 1.96. The lowest BCUT2D eigenvalue weighted by Crippen LogP contribution is -2.35. The molecule has 0 saturated heterocycles. The minimum Gasteiger partial charge on any atom is -0.493 e. The van der Waals surface area contributed by atoms with Gasteiger partial charge in [-0.3, -0.25) is 4.79 Å². The maximum atomic E-state index is 12.5. The summed E-state index contributed by atoms with van der Waals surface area (Å²) in [6.07, 6.45) is 4.19. The molecule has 0 unspecified atom stereocenters. The Hall–Kier alpha value is -2.69. The molecule has 5 heteroatoms. The average Bonchev–Trinajstić information content (AvgIpc) is 2.72. The van der Waals surface area contributed by atoms with Gasteiger partial charge in [0, 0.05) is 6.54 Å². The number of nitrogens with one attached hydrogen (secondary N) is 1. The molecule has 1 N–H and O–H groups in total. The minimum atomic E-state index is -0.568. The molecule has 156 valence electrons.